The van der Waals surface area contributed by atoms with Crippen LogP contribution in [-0.4, -0.2) is 18.3 Å². The molecule has 124 valence electrons. The lowest BCUT2D eigenvalue weighted by molar-refractivity contribution is 0.235. The lowest BCUT2D eigenvalue weighted by Crippen LogP contribution is -2.09. The molecule has 0 bridgehead atoms. The van der Waals surface area contributed by atoms with Crippen molar-refractivity contribution < 1.29 is 19.0 Å². The van der Waals surface area contributed by atoms with E-state index >= 15 is 0 Å². The Bertz CT molecular complexity index is 668. The van der Waals surface area contributed by atoms with E-state index < -0.39 is 0 Å². The number of ether oxygens (including phenoxy) is 2. The summed E-state index contributed by atoms with van der Waals surface area (Å²) in [6.45, 7) is 0.732. The monoisotopic (exact) mass is 338 g/mol. The summed E-state index contributed by atoms with van der Waals surface area (Å²) in [7, 11) is 0. The van der Waals surface area contributed by atoms with Crippen LogP contribution in [0, 0.1) is 0 Å². The minimum atomic E-state index is -0.303. The van der Waals surface area contributed by atoms with E-state index in [4.69, 9.17) is 30.6 Å². The van der Waals surface area contributed by atoms with Crippen LogP contribution in [0.25, 0.3) is 0 Å². The van der Waals surface area contributed by atoms with Gasteiger partial charge in [0.1, 0.15) is 24.4 Å². The van der Waals surface area contributed by atoms with Gasteiger partial charge >= 0.3 is 0 Å². The summed E-state index contributed by atoms with van der Waals surface area (Å²) in [5.74, 6) is 1.15. The molecule has 1 heterocycles. The number of halogens is 1. The fourth-order valence-corrected chi connectivity index (χ4v) is 2.12. The van der Waals surface area contributed by atoms with Gasteiger partial charge in [-0.15, -0.1) is 0 Å². The molecule has 23 heavy (non-hydrogen) atoms. The second-order valence-electron chi connectivity index (χ2n) is 4.95. The third kappa shape index (κ3) is 5.96. The van der Waals surface area contributed by atoms with Crippen molar-refractivity contribution >= 4 is 11.6 Å². The SMILES string of the molecule is O=c1cc(CO)occ1OCCCCCOc1cccc(Cl)c1. The largest absolute Gasteiger partial charge is 0.494 e. The standard InChI is InChI=1S/C17H19ClO5/c18-13-5-4-6-14(9-13)21-7-2-1-3-8-22-17-12-23-15(11-19)10-16(17)20/h4-6,9-10,12,19H,1-3,7-8,11H2. The Kier molecular flexibility index (Phi) is 6.97. The van der Waals surface area contributed by atoms with Crippen molar-refractivity contribution in [2.75, 3.05) is 13.2 Å². The number of aliphatic hydroxyl groups excluding tert-OH is 1. The summed E-state index contributed by atoms with van der Waals surface area (Å²) < 4.78 is 16.0. The van der Waals surface area contributed by atoms with Gasteiger partial charge in [0, 0.05) is 11.1 Å². The molecule has 5 nitrogen and oxygen atoms in total. The van der Waals surface area contributed by atoms with Crippen molar-refractivity contribution in [1.82, 2.24) is 0 Å². The van der Waals surface area contributed by atoms with Crippen LogP contribution in [0.4, 0.5) is 0 Å². The van der Waals surface area contributed by atoms with Crippen LogP contribution < -0.4 is 14.9 Å². The summed E-state index contributed by atoms with van der Waals surface area (Å²) in [6, 6.07) is 8.52. The predicted octanol–water partition coefficient (Wildman–Crippen LogP) is 3.41. The van der Waals surface area contributed by atoms with Gasteiger partial charge in [0.2, 0.25) is 11.2 Å². The van der Waals surface area contributed by atoms with Gasteiger partial charge in [-0.1, -0.05) is 17.7 Å². The summed E-state index contributed by atoms with van der Waals surface area (Å²) >= 11 is 5.87. The van der Waals surface area contributed by atoms with Crippen LogP contribution in [0.5, 0.6) is 11.5 Å². The lowest BCUT2D eigenvalue weighted by Gasteiger charge is -2.07. The highest BCUT2D eigenvalue weighted by molar-refractivity contribution is 6.30. The van der Waals surface area contributed by atoms with E-state index in [0.29, 0.717) is 18.2 Å². The number of benzene rings is 1. The Morgan fingerprint density at radius 2 is 1.87 bits per heavy atom. The van der Waals surface area contributed by atoms with E-state index in [2.05, 4.69) is 0 Å². The van der Waals surface area contributed by atoms with E-state index in [1.807, 2.05) is 12.1 Å². The van der Waals surface area contributed by atoms with Crippen LogP contribution in [0.15, 0.2) is 45.8 Å². The topological polar surface area (TPSA) is 68.9 Å². The zero-order valence-corrected chi connectivity index (χ0v) is 13.4. The molecule has 1 aromatic heterocycles. The van der Waals surface area contributed by atoms with Gasteiger partial charge in [0.25, 0.3) is 0 Å². The van der Waals surface area contributed by atoms with Crippen molar-refractivity contribution in [3.63, 3.8) is 0 Å². The third-order valence-corrected chi connectivity index (χ3v) is 3.35. The molecule has 2 rings (SSSR count). The van der Waals surface area contributed by atoms with Gasteiger partial charge in [-0.3, -0.25) is 4.79 Å². The summed E-state index contributed by atoms with van der Waals surface area (Å²) in [6.07, 6.45) is 3.84. The van der Waals surface area contributed by atoms with Crippen LogP contribution in [0.2, 0.25) is 5.02 Å². The Balaban J connectivity index is 1.60. The molecule has 0 spiro atoms. The van der Waals surface area contributed by atoms with E-state index in [-0.39, 0.29) is 23.5 Å². The Morgan fingerprint density at radius 3 is 2.57 bits per heavy atom. The summed E-state index contributed by atoms with van der Waals surface area (Å²) in [5.41, 5.74) is -0.287. The highest BCUT2D eigenvalue weighted by Crippen LogP contribution is 2.17. The first-order valence-electron chi connectivity index (χ1n) is 7.43. The lowest BCUT2D eigenvalue weighted by atomic mass is 10.2. The van der Waals surface area contributed by atoms with Gasteiger partial charge in [-0.05, 0) is 37.5 Å². The van der Waals surface area contributed by atoms with E-state index in [1.165, 1.54) is 12.3 Å². The maximum Gasteiger partial charge on any atom is 0.227 e. The van der Waals surface area contributed by atoms with Crippen molar-refractivity contribution in [3.05, 3.63) is 57.6 Å². The first-order valence-corrected chi connectivity index (χ1v) is 7.80. The minimum absolute atomic E-state index is 0.164. The molecule has 0 radical (unpaired) electrons. The first kappa shape index (κ1) is 17.4. The smallest absolute Gasteiger partial charge is 0.227 e. The molecule has 0 aliphatic rings. The Labute approximate surface area is 139 Å². The zero-order chi connectivity index (χ0) is 16.5. The van der Waals surface area contributed by atoms with Crippen molar-refractivity contribution in [2.45, 2.75) is 25.9 Å². The number of unbranched alkanes of at least 4 members (excludes halogenated alkanes) is 2. The average molecular weight is 339 g/mol. The van der Waals surface area contributed by atoms with Gasteiger partial charge in [0.15, 0.2) is 0 Å². The fraction of sp³-hybridized carbons (Fsp3) is 0.353. The molecule has 1 N–H and O–H groups in total. The molecule has 2 aromatic rings. The van der Waals surface area contributed by atoms with Crippen molar-refractivity contribution in [3.8, 4) is 11.5 Å². The Hall–Kier alpha value is -1.98. The molecule has 0 amide bonds. The first-order chi connectivity index (χ1) is 11.2. The zero-order valence-electron chi connectivity index (χ0n) is 12.7. The molecular weight excluding hydrogens is 320 g/mol. The molecular formula is C17H19ClO5. The Morgan fingerprint density at radius 1 is 1.09 bits per heavy atom. The van der Waals surface area contributed by atoms with E-state index in [1.54, 1.807) is 12.1 Å². The molecule has 6 heteroatoms. The van der Waals surface area contributed by atoms with Crippen LogP contribution in [0.3, 0.4) is 0 Å². The average Bonchev–Trinajstić information content (AvgIpc) is 2.55. The molecule has 0 aliphatic carbocycles. The van der Waals surface area contributed by atoms with Gasteiger partial charge in [0.05, 0.1) is 13.2 Å². The maximum atomic E-state index is 11.6. The maximum absolute atomic E-state index is 11.6. The second kappa shape index (κ2) is 9.22. The molecule has 0 atom stereocenters. The molecule has 0 fully saturated rings. The van der Waals surface area contributed by atoms with Gasteiger partial charge < -0.3 is 19.0 Å². The molecule has 0 aliphatic heterocycles. The number of rotatable bonds is 9. The van der Waals surface area contributed by atoms with Crippen molar-refractivity contribution in [2.24, 2.45) is 0 Å². The number of aliphatic hydroxyl groups is 1. The normalized spacial score (nSPS) is 10.5. The van der Waals surface area contributed by atoms with E-state index in [9.17, 15) is 4.79 Å². The van der Waals surface area contributed by atoms with Crippen LogP contribution in [0.1, 0.15) is 25.0 Å². The molecule has 1 aromatic carbocycles. The minimum Gasteiger partial charge on any atom is -0.494 e. The van der Waals surface area contributed by atoms with Gasteiger partial charge in [-0.2, -0.15) is 0 Å². The fourth-order valence-electron chi connectivity index (χ4n) is 1.94. The molecule has 0 saturated heterocycles. The second-order valence-corrected chi connectivity index (χ2v) is 5.38. The van der Waals surface area contributed by atoms with Crippen LogP contribution >= 0.6 is 11.6 Å². The highest BCUT2D eigenvalue weighted by atomic mass is 35.5. The van der Waals surface area contributed by atoms with Crippen molar-refractivity contribution in [1.29, 1.82) is 0 Å². The highest BCUT2D eigenvalue weighted by Gasteiger charge is 2.03. The van der Waals surface area contributed by atoms with Gasteiger partial charge in [-0.25, -0.2) is 0 Å². The number of hydrogen-bond acceptors (Lipinski definition) is 5. The third-order valence-electron chi connectivity index (χ3n) is 3.12. The predicted molar refractivity (Wildman–Crippen MR) is 87.2 cm³/mol. The quantitative estimate of drug-likeness (QED) is 0.709. The van der Waals surface area contributed by atoms with Crippen LogP contribution in [-0.2, 0) is 6.61 Å². The summed E-state index contributed by atoms with van der Waals surface area (Å²) in [5, 5.41) is 9.51. The van der Waals surface area contributed by atoms with E-state index in [0.717, 1.165) is 25.0 Å². The molecule has 0 unspecified atom stereocenters. The number of hydrogen-bond donors (Lipinski definition) is 1. The molecule has 0 saturated carbocycles. The summed E-state index contributed by atoms with van der Waals surface area (Å²) in [4.78, 5) is 11.6.